The van der Waals surface area contributed by atoms with Crippen molar-refractivity contribution in [1.82, 2.24) is 14.5 Å². The van der Waals surface area contributed by atoms with E-state index in [-0.39, 0.29) is 28.3 Å². The molecule has 8 heteroatoms. The highest BCUT2D eigenvalue weighted by molar-refractivity contribution is 5.75. The van der Waals surface area contributed by atoms with Crippen LogP contribution in [0.1, 0.15) is 35.7 Å². The maximum absolute atomic E-state index is 13.2. The van der Waals surface area contributed by atoms with E-state index in [0.717, 1.165) is 25.5 Å². The average molecular weight is 381 g/mol. The summed E-state index contributed by atoms with van der Waals surface area (Å²) in [5, 5.41) is 10.3. The standard InChI is InChI=1S/C19H22F3N3O2/c1-11-7-13(19(20,21)22)8-15(26)16(11)17-12(2)23-10-25(18(17)27)14-5-4-6-24(3)9-14/h7-8,10,14,26H,4-6,9H2,1-3H3/t14-/m1/s1. The van der Waals surface area contributed by atoms with E-state index in [0.29, 0.717) is 18.3 Å². The number of phenols is 1. The molecule has 0 amide bonds. The first kappa shape index (κ1) is 19.4. The average Bonchev–Trinajstić information content (AvgIpc) is 2.56. The Hall–Kier alpha value is -2.35. The zero-order valence-electron chi connectivity index (χ0n) is 15.5. The fourth-order valence-corrected chi connectivity index (χ4v) is 3.72. The first-order valence-electron chi connectivity index (χ1n) is 8.77. The molecule has 1 saturated heterocycles. The SMILES string of the molecule is Cc1cc(C(F)(F)F)cc(O)c1-c1c(C)ncn([C@@H]2CCCN(C)C2)c1=O. The molecule has 2 heterocycles. The Balaban J connectivity index is 2.15. The number of likely N-dealkylation sites (tertiary alicyclic amines) is 1. The van der Waals surface area contributed by atoms with Crippen molar-refractivity contribution in [3.05, 3.63) is 45.6 Å². The number of nitrogens with zero attached hydrogens (tertiary/aromatic N) is 3. The summed E-state index contributed by atoms with van der Waals surface area (Å²) >= 11 is 0. The molecule has 1 aliphatic rings. The van der Waals surface area contributed by atoms with E-state index in [1.54, 1.807) is 6.92 Å². The van der Waals surface area contributed by atoms with Gasteiger partial charge in [0.2, 0.25) is 0 Å². The van der Waals surface area contributed by atoms with Crippen LogP contribution in [0.5, 0.6) is 5.75 Å². The zero-order chi connectivity index (χ0) is 19.9. The van der Waals surface area contributed by atoms with Gasteiger partial charge >= 0.3 is 6.18 Å². The highest BCUT2D eigenvalue weighted by Crippen LogP contribution is 2.38. The first-order chi connectivity index (χ1) is 12.6. The largest absolute Gasteiger partial charge is 0.507 e. The third kappa shape index (κ3) is 3.71. The molecule has 3 rings (SSSR count). The lowest BCUT2D eigenvalue weighted by molar-refractivity contribution is -0.137. The second-order valence-corrected chi connectivity index (χ2v) is 7.16. The molecule has 1 aromatic heterocycles. The van der Waals surface area contributed by atoms with Gasteiger partial charge in [-0.3, -0.25) is 9.36 Å². The number of likely N-dealkylation sites (N-methyl/N-ethyl adjacent to an activating group) is 1. The van der Waals surface area contributed by atoms with Gasteiger partial charge in [0.15, 0.2) is 0 Å². The fraction of sp³-hybridized carbons (Fsp3) is 0.474. The highest BCUT2D eigenvalue weighted by atomic mass is 19.4. The summed E-state index contributed by atoms with van der Waals surface area (Å²) in [5.41, 5.74) is -0.481. The van der Waals surface area contributed by atoms with Gasteiger partial charge in [-0.1, -0.05) is 0 Å². The summed E-state index contributed by atoms with van der Waals surface area (Å²) in [6.07, 6.45) is -1.31. The Kier molecular flexibility index (Phi) is 5.03. The van der Waals surface area contributed by atoms with E-state index in [9.17, 15) is 23.1 Å². The summed E-state index contributed by atoms with van der Waals surface area (Å²) in [6, 6.07) is 1.55. The molecule has 1 atom stereocenters. The van der Waals surface area contributed by atoms with Gasteiger partial charge in [0.05, 0.1) is 29.2 Å². The summed E-state index contributed by atoms with van der Waals surface area (Å²) < 4.78 is 40.5. The molecule has 1 fully saturated rings. The number of benzene rings is 1. The molecule has 0 saturated carbocycles. The number of halogens is 3. The van der Waals surface area contributed by atoms with Crippen molar-refractivity contribution in [1.29, 1.82) is 0 Å². The van der Waals surface area contributed by atoms with E-state index in [1.165, 1.54) is 17.8 Å². The van der Waals surface area contributed by atoms with Gasteiger partial charge in [0, 0.05) is 12.1 Å². The monoisotopic (exact) mass is 381 g/mol. The normalized spacial score (nSPS) is 18.7. The van der Waals surface area contributed by atoms with E-state index in [2.05, 4.69) is 9.88 Å². The van der Waals surface area contributed by atoms with Crippen LogP contribution in [-0.4, -0.2) is 39.7 Å². The predicted molar refractivity (Wildman–Crippen MR) is 95.8 cm³/mol. The van der Waals surface area contributed by atoms with Crippen LogP contribution in [0, 0.1) is 13.8 Å². The Morgan fingerprint density at radius 1 is 1.22 bits per heavy atom. The lowest BCUT2D eigenvalue weighted by atomic mass is 9.96. The fourth-order valence-electron chi connectivity index (χ4n) is 3.72. The van der Waals surface area contributed by atoms with Gasteiger partial charge < -0.3 is 10.0 Å². The molecular weight excluding hydrogens is 359 g/mol. The van der Waals surface area contributed by atoms with Gasteiger partial charge in [-0.05, 0) is 58.0 Å². The Bertz CT molecular complexity index is 898. The van der Waals surface area contributed by atoms with Crippen LogP contribution in [0.2, 0.25) is 0 Å². The number of aromatic nitrogens is 2. The van der Waals surface area contributed by atoms with Crippen molar-refractivity contribution in [3.8, 4) is 16.9 Å². The minimum absolute atomic E-state index is 0.0556. The number of phenolic OH excluding ortho intramolecular Hbond substituents is 1. The van der Waals surface area contributed by atoms with E-state index < -0.39 is 17.5 Å². The summed E-state index contributed by atoms with van der Waals surface area (Å²) in [6.45, 7) is 4.72. The molecule has 2 aromatic rings. The van der Waals surface area contributed by atoms with Crippen molar-refractivity contribution in [2.45, 2.75) is 38.9 Å². The maximum Gasteiger partial charge on any atom is 0.416 e. The van der Waals surface area contributed by atoms with Gasteiger partial charge in [0.25, 0.3) is 5.56 Å². The molecule has 0 unspecified atom stereocenters. The Morgan fingerprint density at radius 2 is 1.93 bits per heavy atom. The van der Waals surface area contributed by atoms with Crippen molar-refractivity contribution >= 4 is 0 Å². The van der Waals surface area contributed by atoms with Crippen LogP contribution in [-0.2, 0) is 6.18 Å². The number of aryl methyl sites for hydroxylation is 2. The Labute approximate surface area is 155 Å². The maximum atomic E-state index is 13.2. The molecule has 146 valence electrons. The molecule has 5 nitrogen and oxygen atoms in total. The topological polar surface area (TPSA) is 58.4 Å². The van der Waals surface area contributed by atoms with Crippen LogP contribution in [0.15, 0.2) is 23.3 Å². The zero-order valence-corrected chi connectivity index (χ0v) is 15.5. The number of aromatic hydroxyl groups is 1. The molecule has 0 bridgehead atoms. The second-order valence-electron chi connectivity index (χ2n) is 7.16. The molecule has 1 aliphatic heterocycles. The summed E-state index contributed by atoms with van der Waals surface area (Å²) in [7, 11) is 1.98. The van der Waals surface area contributed by atoms with Crippen LogP contribution in [0.25, 0.3) is 11.1 Å². The molecule has 1 N–H and O–H groups in total. The minimum Gasteiger partial charge on any atom is -0.507 e. The van der Waals surface area contributed by atoms with E-state index in [1.807, 2.05) is 7.05 Å². The van der Waals surface area contributed by atoms with Gasteiger partial charge in [-0.25, -0.2) is 4.98 Å². The van der Waals surface area contributed by atoms with Crippen molar-refractivity contribution in [2.75, 3.05) is 20.1 Å². The third-order valence-corrected chi connectivity index (χ3v) is 5.07. The van der Waals surface area contributed by atoms with Crippen LogP contribution in [0.3, 0.4) is 0 Å². The van der Waals surface area contributed by atoms with E-state index >= 15 is 0 Å². The van der Waals surface area contributed by atoms with Crippen molar-refractivity contribution in [2.24, 2.45) is 0 Å². The molecule has 1 aromatic carbocycles. The second kappa shape index (κ2) is 6.99. The molecule has 0 radical (unpaired) electrons. The minimum atomic E-state index is -4.57. The van der Waals surface area contributed by atoms with Gasteiger partial charge in [-0.15, -0.1) is 0 Å². The number of piperidine rings is 1. The first-order valence-corrected chi connectivity index (χ1v) is 8.77. The molecule has 0 aliphatic carbocycles. The highest BCUT2D eigenvalue weighted by Gasteiger charge is 2.33. The van der Waals surface area contributed by atoms with E-state index in [4.69, 9.17) is 0 Å². The lowest BCUT2D eigenvalue weighted by Gasteiger charge is -2.31. The third-order valence-electron chi connectivity index (χ3n) is 5.07. The molecule has 0 spiro atoms. The van der Waals surface area contributed by atoms with Crippen molar-refractivity contribution < 1.29 is 18.3 Å². The quantitative estimate of drug-likeness (QED) is 0.865. The molecule has 27 heavy (non-hydrogen) atoms. The van der Waals surface area contributed by atoms with Gasteiger partial charge in [-0.2, -0.15) is 13.2 Å². The summed E-state index contributed by atoms with van der Waals surface area (Å²) in [5.74, 6) is -0.567. The van der Waals surface area contributed by atoms with Crippen LogP contribution in [0.4, 0.5) is 13.2 Å². The predicted octanol–water partition coefficient (Wildman–Crippen LogP) is 3.52. The van der Waals surface area contributed by atoms with Crippen LogP contribution < -0.4 is 5.56 Å². The Morgan fingerprint density at radius 3 is 2.52 bits per heavy atom. The smallest absolute Gasteiger partial charge is 0.416 e. The number of alkyl halides is 3. The molecular formula is C19H22F3N3O2. The van der Waals surface area contributed by atoms with Gasteiger partial charge in [0.1, 0.15) is 5.75 Å². The van der Waals surface area contributed by atoms with Crippen LogP contribution >= 0.6 is 0 Å². The summed E-state index contributed by atoms with van der Waals surface area (Å²) in [4.78, 5) is 19.6. The lowest BCUT2D eigenvalue weighted by Crippen LogP contribution is -2.38. The number of hydrogen-bond donors (Lipinski definition) is 1. The van der Waals surface area contributed by atoms with Crippen molar-refractivity contribution in [3.63, 3.8) is 0 Å². The number of rotatable bonds is 2. The number of hydrogen-bond acceptors (Lipinski definition) is 4.